The highest BCUT2D eigenvalue weighted by Gasteiger charge is 2.17. The Morgan fingerprint density at radius 1 is 1.38 bits per heavy atom. The summed E-state index contributed by atoms with van der Waals surface area (Å²) >= 11 is 0. The highest BCUT2D eigenvalue weighted by Crippen LogP contribution is 2.32. The largest absolute Gasteiger partial charge is 0.484 e. The van der Waals surface area contributed by atoms with E-state index in [1.165, 1.54) is 6.07 Å². The number of rotatable bonds is 6. The van der Waals surface area contributed by atoms with Crippen molar-refractivity contribution in [2.75, 3.05) is 5.32 Å². The zero-order chi connectivity index (χ0) is 15.4. The first-order chi connectivity index (χ1) is 9.97. The van der Waals surface area contributed by atoms with Crippen molar-refractivity contribution < 1.29 is 9.66 Å². The lowest BCUT2D eigenvalue weighted by molar-refractivity contribution is -0.386. The van der Waals surface area contributed by atoms with Crippen molar-refractivity contribution in [3.8, 4) is 5.75 Å². The van der Waals surface area contributed by atoms with Crippen molar-refractivity contribution in [3.63, 3.8) is 0 Å². The van der Waals surface area contributed by atoms with Crippen molar-refractivity contribution in [3.05, 3.63) is 46.3 Å². The number of hydrogen-bond acceptors (Lipinski definition) is 5. The van der Waals surface area contributed by atoms with Crippen molar-refractivity contribution in [2.24, 2.45) is 0 Å². The highest BCUT2D eigenvalue weighted by molar-refractivity contribution is 5.58. The van der Waals surface area contributed by atoms with Crippen LogP contribution in [0.15, 0.2) is 30.6 Å². The molecule has 1 unspecified atom stereocenters. The van der Waals surface area contributed by atoms with Gasteiger partial charge in [0.2, 0.25) is 0 Å². The fourth-order valence-corrected chi connectivity index (χ4v) is 1.93. The summed E-state index contributed by atoms with van der Waals surface area (Å²) < 4.78 is 5.52. The molecule has 1 atom stereocenters. The van der Waals surface area contributed by atoms with Crippen LogP contribution in [0, 0.1) is 10.1 Å². The average molecular weight is 290 g/mol. The molecule has 0 saturated heterocycles. The monoisotopic (exact) mass is 290 g/mol. The fraction of sp³-hybridized carbons (Fsp3) is 0.357. The lowest BCUT2D eigenvalue weighted by Gasteiger charge is -2.16. The van der Waals surface area contributed by atoms with E-state index in [1.807, 2.05) is 20.8 Å². The Labute approximate surface area is 122 Å². The molecule has 0 aliphatic carbocycles. The number of anilines is 1. The molecule has 0 bridgehead atoms. The Kier molecular flexibility index (Phi) is 4.42. The number of benzene rings is 1. The van der Waals surface area contributed by atoms with Gasteiger partial charge in [-0.05, 0) is 26.8 Å². The molecule has 0 spiro atoms. The first kappa shape index (κ1) is 14.8. The van der Waals surface area contributed by atoms with E-state index in [9.17, 15) is 10.1 Å². The van der Waals surface area contributed by atoms with E-state index < -0.39 is 4.92 Å². The van der Waals surface area contributed by atoms with Crippen LogP contribution in [0.2, 0.25) is 0 Å². The molecule has 0 amide bonds. The van der Waals surface area contributed by atoms with Gasteiger partial charge in [0.05, 0.1) is 23.3 Å². The van der Waals surface area contributed by atoms with E-state index in [1.54, 1.807) is 24.5 Å². The van der Waals surface area contributed by atoms with Crippen LogP contribution in [0.3, 0.4) is 0 Å². The molecule has 0 aliphatic rings. The molecule has 0 radical (unpaired) electrons. The van der Waals surface area contributed by atoms with E-state index in [-0.39, 0.29) is 23.6 Å². The molecule has 1 heterocycles. The first-order valence-corrected chi connectivity index (χ1v) is 6.67. The van der Waals surface area contributed by atoms with Gasteiger partial charge in [-0.2, -0.15) is 5.10 Å². The molecule has 112 valence electrons. The lowest BCUT2D eigenvalue weighted by atomic mass is 10.1. The van der Waals surface area contributed by atoms with Crippen molar-refractivity contribution >= 4 is 11.4 Å². The summed E-state index contributed by atoms with van der Waals surface area (Å²) in [7, 11) is 0. The third kappa shape index (κ3) is 3.71. The van der Waals surface area contributed by atoms with Crippen LogP contribution < -0.4 is 10.1 Å². The van der Waals surface area contributed by atoms with Gasteiger partial charge < -0.3 is 10.1 Å². The summed E-state index contributed by atoms with van der Waals surface area (Å²) in [5.74, 6) is 0.263. The Bertz CT molecular complexity index is 611. The Hall–Kier alpha value is -2.57. The third-order valence-corrected chi connectivity index (χ3v) is 2.92. The summed E-state index contributed by atoms with van der Waals surface area (Å²) in [5.41, 5.74) is 1.72. The normalized spacial score (nSPS) is 12.2. The summed E-state index contributed by atoms with van der Waals surface area (Å²) in [6.45, 7) is 5.64. The van der Waals surface area contributed by atoms with Crippen LogP contribution in [0.25, 0.3) is 0 Å². The zero-order valence-electron chi connectivity index (χ0n) is 12.2. The second-order valence-corrected chi connectivity index (χ2v) is 5.00. The van der Waals surface area contributed by atoms with Gasteiger partial charge in [-0.3, -0.25) is 15.2 Å². The number of ether oxygens (including phenoxy) is 1. The number of aromatic amines is 1. The minimum absolute atomic E-state index is 0.0251. The summed E-state index contributed by atoms with van der Waals surface area (Å²) in [4.78, 5) is 10.6. The number of nitro benzene ring substituents is 1. The molecule has 2 N–H and O–H groups in total. The van der Waals surface area contributed by atoms with E-state index >= 15 is 0 Å². The Morgan fingerprint density at radius 3 is 2.71 bits per heavy atom. The van der Waals surface area contributed by atoms with Gasteiger partial charge >= 0.3 is 5.69 Å². The third-order valence-electron chi connectivity index (χ3n) is 2.92. The molecule has 2 aromatic rings. The van der Waals surface area contributed by atoms with Crippen LogP contribution in [-0.4, -0.2) is 21.2 Å². The number of aromatic nitrogens is 2. The van der Waals surface area contributed by atoms with Crippen molar-refractivity contribution in [1.29, 1.82) is 0 Å². The van der Waals surface area contributed by atoms with Crippen molar-refractivity contribution in [1.82, 2.24) is 10.2 Å². The maximum atomic E-state index is 11.0. The molecule has 0 saturated carbocycles. The number of nitro groups is 1. The molecular formula is C14H18N4O3. The standard InChI is InChI=1S/C14H18N4O3/c1-9(2)21-14-6-12(4-5-13(14)18(19)20)17-10(3)11-7-15-16-8-11/h4-10,17H,1-3H3,(H,15,16). The topological polar surface area (TPSA) is 93.1 Å². The van der Waals surface area contributed by atoms with Gasteiger partial charge in [-0.1, -0.05) is 0 Å². The quantitative estimate of drug-likeness (QED) is 0.629. The molecule has 0 aliphatic heterocycles. The molecular weight excluding hydrogens is 272 g/mol. The van der Waals surface area contributed by atoms with E-state index in [4.69, 9.17) is 4.74 Å². The van der Waals surface area contributed by atoms with Crippen LogP contribution in [-0.2, 0) is 0 Å². The highest BCUT2D eigenvalue weighted by atomic mass is 16.6. The fourth-order valence-electron chi connectivity index (χ4n) is 1.93. The predicted octanol–water partition coefficient (Wildman–Crippen LogP) is 3.28. The lowest BCUT2D eigenvalue weighted by Crippen LogP contribution is -2.09. The first-order valence-electron chi connectivity index (χ1n) is 6.67. The molecule has 1 aromatic heterocycles. The van der Waals surface area contributed by atoms with Gasteiger partial charge in [-0.15, -0.1) is 0 Å². The van der Waals surface area contributed by atoms with Gasteiger partial charge in [0.15, 0.2) is 5.75 Å². The van der Waals surface area contributed by atoms with Crippen LogP contribution >= 0.6 is 0 Å². The van der Waals surface area contributed by atoms with E-state index in [0.717, 1.165) is 11.3 Å². The van der Waals surface area contributed by atoms with E-state index in [2.05, 4.69) is 15.5 Å². The summed E-state index contributed by atoms with van der Waals surface area (Å²) in [6.07, 6.45) is 3.40. The minimum Gasteiger partial charge on any atom is -0.484 e. The van der Waals surface area contributed by atoms with Crippen LogP contribution in [0.4, 0.5) is 11.4 Å². The summed E-state index contributed by atoms with van der Waals surface area (Å²) in [6, 6.07) is 4.79. The van der Waals surface area contributed by atoms with Crippen LogP contribution in [0.1, 0.15) is 32.4 Å². The molecule has 7 nitrogen and oxygen atoms in total. The second-order valence-electron chi connectivity index (χ2n) is 5.00. The van der Waals surface area contributed by atoms with Gasteiger partial charge in [0.1, 0.15) is 0 Å². The Balaban J connectivity index is 2.22. The number of nitrogens with one attached hydrogen (secondary N) is 2. The molecule has 0 fully saturated rings. The molecule has 21 heavy (non-hydrogen) atoms. The molecule has 7 heteroatoms. The maximum absolute atomic E-state index is 11.0. The molecule has 1 aromatic carbocycles. The van der Waals surface area contributed by atoms with Crippen molar-refractivity contribution in [2.45, 2.75) is 32.9 Å². The zero-order valence-corrected chi connectivity index (χ0v) is 12.2. The SMILES string of the molecule is CC(C)Oc1cc(NC(C)c2cn[nH]c2)ccc1[N+](=O)[O-]. The van der Waals surface area contributed by atoms with Gasteiger partial charge in [0, 0.05) is 29.6 Å². The van der Waals surface area contributed by atoms with Gasteiger partial charge in [0.25, 0.3) is 0 Å². The number of H-pyrrole nitrogens is 1. The van der Waals surface area contributed by atoms with Gasteiger partial charge in [-0.25, -0.2) is 0 Å². The average Bonchev–Trinajstić information content (AvgIpc) is 2.91. The Morgan fingerprint density at radius 2 is 2.14 bits per heavy atom. The summed E-state index contributed by atoms with van der Waals surface area (Å²) in [5, 5.41) is 20.9. The minimum atomic E-state index is -0.443. The van der Waals surface area contributed by atoms with Crippen LogP contribution in [0.5, 0.6) is 5.75 Å². The maximum Gasteiger partial charge on any atom is 0.311 e. The smallest absolute Gasteiger partial charge is 0.311 e. The number of nitrogens with zero attached hydrogens (tertiary/aromatic N) is 2. The second kappa shape index (κ2) is 6.25. The molecule has 2 rings (SSSR count). The number of hydrogen-bond donors (Lipinski definition) is 2. The van der Waals surface area contributed by atoms with E-state index in [0.29, 0.717) is 0 Å². The predicted molar refractivity (Wildman–Crippen MR) is 79.5 cm³/mol.